The van der Waals surface area contributed by atoms with Gasteiger partial charge >= 0.3 is 0 Å². The molecule has 5 nitrogen and oxygen atoms in total. The Balaban J connectivity index is 1.73. The van der Waals surface area contributed by atoms with Crippen LogP contribution in [0.5, 0.6) is 5.75 Å². The summed E-state index contributed by atoms with van der Waals surface area (Å²) in [5.41, 5.74) is 7.73. The van der Waals surface area contributed by atoms with Gasteiger partial charge in [0.15, 0.2) is 0 Å². The lowest BCUT2D eigenvalue weighted by Gasteiger charge is -2.51. The maximum atomic E-state index is 9.94. The summed E-state index contributed by atoms with van der Waals surface area (Å²) in [7, 11) is -0.0733. The lowest BCUT2D eigenvalue weighted by Crippen LogP contribution is -2.55. The Hall–Kier alpha value is -1.52. The molecule has 3 aliphatic rings. The maximum Gasteiger partial charge on any atom is 0.116 e. The molecule has 1 aromatic carbocycles. The highest BCUT2D eigenvalue weighted by Crippen LogP contribution is 2.44. The molecule has 0 amide bonds. The van der Waals surface area contributed by atoms with Crippen molar-refractivity contribution in [3.63, 3.8) is 0 Å². The van der Waals surface area contributed by atoms with Crippen molar-refractivity contribution in [1.82, 2.24) is 9.88 Å². The van der Waals surface area contributed by atoms with Crippen LogP contribution in [0.25, 0.3) is 10.9 Å². The molecular weight excluding hydrogens is 333 g/mol. The van der Waals surface area contributed by atoms with E-state index in [1.807, 2.05) is 18.3 Å². The van der Waals surface area contributed by atoms with Gasteiger partial charge in [0.05, 0.1) is 14.5 Å². The van der Waals surface area contributed by atoms with Crippen LogP contribution in [0.4, 0.5) is 0 Å². The molecule has 132 valence electrons. The normalized spacial score (nSPS) is 30.1. The standard InChI is InChI=1S/C19H24N3O2P/c1-2-12-11-22-8-6-13(12)9-18(22)19(24-25-20)15-5-7-21-17-4-3-14(23)10-16(15)17/h2-5,7,10,12-13,18-19,23,25H,1,6,8-9,11,20H2/t12?,13?,18?,19-/m1/s1. The van der Waals surface area contributed by atoms with Gasteiger partial charge in [-0.2, -0.15) is 0 Å². The summed E-state index contributed by atoms with van der Waals surface area (Å²) in [5.74, 6) is 1.48. The van der Waals surface area contributed by atoms with Crippen molar-refractivity contribution in [2.75, 3.05) is 13.1 Å². The Morgan fingerprint density at radius 1 is 1.44 bits per heavy atom. The average Bonchev–Trinajstić information content (AvgIpc) is 2.66. The molecule has 6 atom stereocenters. The summed E-state index contributed by atoms with van der Waals surface area (Å²) >= 11 is 0. The molecule has 3 aliphatic heterocycles. The van der Waals surface area contributed by atoms with E-state index >= 15 is 0 Å². The van der Waals surface area contributed by atoms with Crippen molar-refractivity contribution in [3.8, 4) is 5.75 Å². The zero-order chi connectivity index (χ0) is 17.4. The summed E-state index contributed by atoms with van der Waals surface area (Å²) in [5, 5.41) is 10.9. The van der Waals surface area contributed by atoms with E-state index in [1.165, 1.54) is 6.42 Å². The van der Waals surface area contributed by atoms with Crippen LogP contribution < -0.4 is 5.50 Å². The van der Waals surface area contributed by atoms with E-state index in [0.29, 0.717) is 17.9 Å². The Morgan fingerprint density at radius 3 is 3.04 bits per heavy atom. The van der Waals surface area contributed by atoms with Crippen LogP contribution in [0, 0.1) is 11.8 Å². The Kier molecular flexibility index (Phi) is 4.74. The minimum Gasteiger partial charge on any atom is -0.508 e. The lowest BCUT2D eigenvalue weighted by atomic mass is 9.73. The third kappa shape index (κ3) is 3.06. The number of phenolic OH excluding ortho intramolecular Hbond substituents is 1. The predicted octanol–water partition coefficient (Wildman–Crippen LogP) is 3.36. The summed E-state index contributed by atoms with van der Waals surface area (Å²) in [6, 6.07) is 7.59. The number of hydrogen-bond acceptors (Lipinski definition) is 5. The molecule has 1 aromatic heterocycles. The molecule has 0 spiro atoms. The number of nitrogens with two attached hydrogens (primary N) is 1. The minimum absolute atomic E-state index is 0.0733. The third-order valence-electron chi connectivity index (χ3n) is 5.76. The van der Waals surface area contributed by atoms with Crippen LogP contribution in [-0.2, 0) is 4.52 Å². The highest BCUT2D eigenvalue weighted by Gasteiger charge is 2.43. The Morgan fingerprint density at radius 2 is 2.32 bits per heavy atom. The van der Waals surface area contributed by atoms with Crippen LogP contribution in [-0.4, -0.2) is 34.1 Å². The quantitative estimate of drug-likeness (QED) is 0.634. The van der Waals surface area contributed by atoms with Crippen LogP contribution in [0.2, 0.25) is 0 Å². The number of nitrogens with zero attached hydrogens (tertiary/aromatic N) is 2. The van der Waals surface area contributed by atoms with E-state index in [4.69, 9.17) is 10.0 Å². The zero-order valence-corrected chi connectivity index (χ0v) is 15.1. The largest absolute Gasteiger partial charge is 0.508 e. The predicted molar refractivity (Wildman–Crippen MR) is 102 cm³/mol. The third-order valence-corrected chi connectivity index (χ3v) is 6.15. The van der Waals surface area contributed by atoms with E-state index in [9.17, 15) is 5.11 Å². The first-order chi connectivity index (χ1) is 12.2. The summed E-state index contributed by atoms with van der Waals surface area (Å²) < 4.78 is 6.07. The van der Waals surface area contributed by atoms with Gasteiger partial charge in [-0.3, -0.25) is 15.4 Å². The van der Waals surface area contributed by atoms with Crippen molar-refractivity contribution in [1.29, 1.82) is 0 Å². The number of piperidine rings is 3. The molecule has 4 heterocycles. The van der Waals surface area contributed by atoms with Crippen LogP contribution >= 0.6 is 8.96 Å². The van der Waals surface area contributed by atoms with Gasteiger partial charge in [0.2, 0.25) is 0 Å². The smallest absolute Gasteiger partial charge is 0.116 e. The molecule has 0 saturated carbocycles. The molecule has 2 bridgehead atoms. The van der Waals surface area contributed by atoms with Crippen molar-refractivity contribution in [2.45, 2.75) is 25.0 Å². The van der Waals surface area contributed by atoms with E-state index in [0.717, 1.165) is 36.0 Å². The van der Waals surface area contributed by atoms with E-state index in [1.54, 1.807) is 12.1 Å². The van der Waals surface area contributed by atoms with Crippen LogP contribution in [0.15, 0.2) is 43.1 Å². The molecular formula is C19H24N3O2P. The number of rotatable bonds is 5. The van der Waals surface area contributed by atoms with E-state index in [-0.39, 0.29) is 20.8 Å². The summed E-state index contributed by atoms with van der Waals surface area (Å²) in [4.78, 5) is 6.94. The number of fused-ring (bicyclic) bond motifs is 4. The molecule has 3 saturated heterocycles. The van der Waals surface area contributed by atoms with Gasteiger partial charge in [-0.05, 0) is 61.1 Å². The average molecular weight is 357 g/mol. The minimum atomic E-state index is -0.107. The van der Waals surface area contributed by atoms with Gasteiger partial charge in [-0.25, -0.2) is 0 Å². The summed E-state index contributed by atoms with van der Waals surface area (Å²) in [6.45, 7) is 6.15. The molecule has 2 aromatic rings. The number of hydrogen-bond donors (Lipinski definition) is 2. The van der Waals surface area contributed by atoms with Gasteiger partial charge in [0.1, 0.15) is 11.9 Å². The van der Waals surface area contributed by atoms with E-state index < -0.39 is 0 Å². The van der Waals surface area contributed by atoms with E-state index in [2.05, 4.69) is 22.5 Å². The number of phenols is 1. The SMILES string of the molecule is C=CC1CN2CCC1CC2[C@H](OPN)c1ccnc2ccc(O)cc12. The fraction of sp³-hybridized carbons (Fsp3) is 0.421. The number of benzene rings is 1. The van der Waals surface area contributed by atoms with Crippen molar-refractivity contribution >= 4 is 19.9 Å². The topological polar surface area (TPSA) is 71.6 Å². The fourth-order valence-electron chi connectivity index (χ4n) is 4.52. The highest BCUT2D eigenvalue weighted by atomic mass is 31.1. The molecule has 3 fully saturated rings. The lowest BCUT2D eigenvalue weighted by molar-refractivity contribution is -0.0317. The number of pyridine rings is 1. The highest BCUT2D eigenvalue weighted by molar-refractivity contribution is 7.29. The maximum absolute atomic E-state index is 9.94. The molecule has 6 heteroatoms. The number of aromatic hydroxyl groups is 1. The van der Waals surface area contributed by atoms with Gasteiger partial charge in [-0.1, -0.05) is 6.08 Å². The van der Waals surface area contributed by atoms with Gasteiger partial charge in [-0.15, -0.1) is 6.58 Å². The van der Waals surface area contributed by atoms with Crippen LogP contribution in [0.1, 0.15) is 24.5 Å². The van der Waals surface area contributed by atoms with Gasteiger partial charge < -0.3 is 9.63 Å². The summed E-state index contributed by atoms with van der Waals surface area (Å²) in [6.07, 6.45) is 6.13. The Labute approximate surface area is 149 Å². The van der Waals surface area contributed by atoms with Crippen molar-refractivity contribution in [2.24, 2.45) is 17.3 Å². The Bertz CT molecular complexity index is 784. The first-order valence-corrected chi connectivity index (χ1v) is 9.75. The zero-order valence-electron chi connectivity index (χ0n) is 14.1. The van der Waals surface area contributed by atoms with Gasteiger partial charge in [0.25, 0.3) is 0 Å². The first-order valence-electron chi connectivity index (χ1n) is 8.76. The first kappa shape index (κ1) is 16.9. The molecule has 0 radical (unpaired) electrons. The second-order valence-electron chi connectivity index (χ2n) is 7.00. The second-order valence-corrected chi connectivity index (χ2v) is 7.48. The fourth-order valence-corrected chi connectivity index (χ4v) is 4.95. The van der Waals surface area contributed by atoms with Crippen molar-refractivity contribution < 1.29 is 9.63 Å². The molecule has 0 aliphatic carbocycles. The molecule has 5 rings (SSSR count). The van der Waals surface area contributed by atoms with Crippen LogP contribution in [0.3, 0.4) is 0 Å². The monoisotopic (exact) mass is 357 g/mol. The van der Waals surface area contributed by atoms with Crippen molar-refractivity contribution in [3.05, 3.63) is 48.7 Å². The second kappa shape index (κ2) is 7.00. The van der Waals surface area contributed by atoms with Gasteiger partial charge in [0, 0.05) is 24.2 Å². The molecule has 3 N–H and O–H groups in total. The molecule has 5 unspecified atom stereocenters. The molecule has 25 heavy (non-hydrogen) atoms. The number of aromatic nitrogens is 1.